The standard InChI is InChI=1S/C29H24F6O3/c30-28(31,32)23-13-20(14-24(16-23)29(33,34)35)12-22-8-7-21-15-25(9-10-26(21)27(22)37)38-17-19-5-3-18(4-6-19)2-1-11-36/h1-6,9-10,13-16,22,36H,7-8,11-12,17H2/b2-1+. The predicted octanol–water partition coefficient (Wildman–Crippen LogP) is 7.30. The highest BCUT2D eigenvalue weighted by atomic mass is 19.4. The van der Waals surface area contributed by atoms with Crippen LogP contribution in [0.5, 0.6) is 5.75 Å². The Morgan fingerprint density at radius 3 is 2.13 bits per heavy atom. The summed E-state index contributed by atoms with van der Waals surface area (Å²) in [5, 5.41) is 8.84. The second kappa shape index (κ2) is 11.0. The Morgan fingerprint density at radius 2 is 1.53 bits per heavy atom. The average Bonchev–Trinajstić information content (AvgIpc) is 2.87. The number of aryl methyl sites for hydroxylation is 1. The molecule has 0 spiro atoms. The third kappa shape index (κ3) is 6.64. The zero-order valence-electron chi connectivity index (χ0n) is 20.1. The van der Waals surface area contributed by atoms with Gasteiger partial charge in [0.05, 0.1) is 17.7 Å². The van der Waals surface area contributed by atoms with Crippen LogP contribution in [-0.4, -0.2) is 17.5 Å². The number of Topliss-reactive ketones (excluding diaryl/α,β-unsaturated/α-hetero) is 1. The molecule has 1 N–H and O–H groups in total. The first-order valence-electron chi connectivity index (χ1n) is 11.9. The number of fused-ring (bicyclic) bond motifs is 1. The van der Waals surface area contributed by atoms with Crippen LogP contribution in [0.3, 0.4) is 0 Å². The molecule has 3 aromatic rings. The lowest BCUT2D eigenvalue weighted by molar-refractivity contribution is -0.143. The lowest BCUT2D eigenvalue weighted by atomic mass is 9.79. The van der Waals surface area contributed by atoms with Crippen LogP contribution in [0, 0.1) is 5.92 Å². The van der Waals surface area contributed by atoms with E-state index in [1.54, 1.807) is 30.4 Å². The van der Waals surface area contributed by atoms with Crippen molar-refractivity contribution in [2.75, 3.05) is 6.61 Å². The summed E-state index contributed by atoms with van der Waals surface area (Å²) in [6.07, 6.45) is -5.92. The van der Waals surface area contributed by atoms with Crippen LogP contribution in [0.15, 0.2) is 66.7 Å². The molecule has 38 heavy (non-hydrogen) atoms. The normalized spacial score (nSPS) is 16.1. The van der Waals surface area contributed by atoms with Crippen molar-refractivity contribution in [3.63, 3.8) is 0 Å². The predicted molar refractivity (Wildman–Crippen MR) is 130 cm³/mol. The average molecular weight is 534 g/mol. The van der Waals surface area contributed by atoms with Crippen LogP contribution in [0.4, 0.5) is 26.3 Å². The lowest BCUT2D eigenvalue weighted by Crippen LogP contribution is -2.25. The number of hydrogen-bond acceptors (Lipinski definition) is 3. The quantitative estimate of drug-likeness (QED) is 0.324. The molecule has 0 aromatic heterocycles. The summed E-state index contributed by atoms with van der Waals surface area (Å²) < 4.78 is 85.1. The van der Waals surface area contributed by atoms with Gasteiger partial charge in [0.1, 0.15) is 12.4 Å². The van der Waals surface area contributed by atoms with Crippen molar-refractivity contribution in [2.45, 2.75) is 38.2 Å². The number of carbonyl (C=O) groups excluding carboxylic acids is 1. The van der Waals surface area contributed by atoms with Gasteiger partial charge >= 0.3 is 12.4 Å². The van der Waals surface area contributed by atoms with Gasteiger partial charge in [-0.3, -0.25) is 4.79 Å². The van der Waals surface area contributed by atoms with Crippen LogP contribution < -0.4 is 4.74 Å². The Bertz CT molecular complexity index is 1290. The molecule has 3 nitrogen and oxygen atoms in total. The first-order chi connectivity index (χ1) is 17.9. The molecule has 0 fully saturated rings. The third-order valence-corrected chi connectivity index (χ3v) is 6.41. The molecule has 0 radical (unpaired) electrons. The number of hydrogen-bond donors (Lipinski definition) is 1. The maximum absolute atomic E-state index is 13.2. The zero-order chi connectivity index (χ0) is 27.5. The van der Waals surface area contributed by atoms with Gasteiger partial charge in [-0.15, -0.1) is 0 Å². The summed E-state index contributed by atoms with van der Waals surface area (Å²) in [6.45, 7) is 0.243. The van der Waals surface area contributed by atoms with E-state index in [1.165, 1.54) is 0 Å². The fourth-order valence-corrected chi connectivity index (χ4v) is 4.48. The second-order valence-electron chi connectivity index (χ2n) is 9.15. The molecule has 4 rings (SSSR count). The molecule has 0 heterocycles. The van der Waals surface area contributed by atoms with Crippen molar-refractivity contribution in [1.29, 1.82) is 0 Å². The van der Waals surface area contributed by atoms with E-state index in [9.17, 15) is 31.1 Å². The van der Waals surface area contributed by atoms with Crippen LogP contribution in [-0.2, 0) is 31.8 Å². The van der Waals surface area contributed by atoms with Crippen LogP contribution in [0.1, 0.15) is 50.2 Å². The van der Waals surface area contributed by atoms with Crippen LogP contribution in [0.25, 0.3) is 6.08 Å². The molecule has 1 aliphatic rings. The van der Waals surface area contributed by atoms with Gasteiger partial charge in [-0.05, 0) is 77.9 Å². The molecule has 0 saturated heterocycles. The van der Waals surface area contributed by atoms with Gasteiger partial charge in [0.15, 0.2) is 5.78 Å². The maximum atomic E-state index is 13.2. The van der Waals surface area contributed by atoms with Crippen LogP contribution >= 0.6 is 0 Å². The molecule has 0 amide bonds. The van der Waals surface area contributed by atoms with Crippen molar-refractivity contribution in [1.82, 2.24) is 0 Å². The van der Waals surface area contributed by atoms with Crippen molar-refractivity contribution < 1.29 is 41.0 Å². The summed E-state index contributed by atoms with van der Waals surface area (Å²) in [5.74, 6) is -0.487. The van der Waals surface area contributed by atoms with E-state index in [-0.39, 0.29) is 37.0 Å². The Morgan fingerprint density at radius 1 is 0.868 bits per heavy atom. The smallest absolute Gasteiger partial charge is 0.416 e. The summed E-state index contributed by atoms with van der Waals surface area (Å²) in [7, 11) is 0. The number of aliphatic hydroxyl groups excluding tert-OH is 1. The Hall–Kier alpha value is -3.59. The summed E-state index contributed by atoms with van der Waals surface area (Å²) in [6, 6.07) is 14.0. The molecule has 1 aliphatic carbocycles. The highest BCUT2D eigenvalue weighted by Gasteiger charge is 2.37. The number of ether oxygens (including phenoxy) is 1. The summed E-state index contributed by atoms with van der Waals surface area (Å²) in [4.78, 5) is 13.1. The van der Waals surface area contributed by atoms with E-state index in [0.29, 0.717) is 36.3 Å². The molecule has 9 heteroatoms. The molecule has 1 unspecified atom stereocenters. The fourth-order valence-electron chi connectivity index (χ4n) is 4.48. The number of halogens is 6. The van der Waals surface area contributed by atoms with Crippen molar-refractivity contribution in [3.05, 3.63) is 106 Å². The molecular formula is C29H24F6O3. The largest absolute Gasteiger partial charge is 0.489 e. The molecule has 1 atom stereocenters. The summed E-state index contributed by atoms with van der Waals surface area (Å²) >= 11 is 0. The Kier molecular flexibility index (Phi) is 7.97. The highest BCUT2D eigenvalue weighted by Crippen LogP contribution is 2.38. The van der Waals surface area contributed by atoms with Crippen molar-refractivity contribution in [2.24, 2.45) is 5.92 Å². The first kappa shape index (κ1) is 27.4. The minimum Gasteiger partial charge on any atom is -0.489 e. The van der Waals surface area contributed by atoms with Gasteiger partial charge in [-0.2, -0.15) is 26.3 Å². The fraction of sp³-hybridized carbons (Fsp3) is 0.276. The number of rotatable bonds is 7. The van der Waals surface area contributed by atoms with Crippen LogP contribution in [0.2, 0.25) is 0 Å². The number of aliphatic hydroxyl groups is 1. The van der Waals surface area contributed by atoms with E-state index >= 15 is 0 Å². The Labute approximate surface area is 215 Å². The minimum absolute atomic E-state index is 0.0450. The number of ketones is 1. The van der Waals surface area contributed by atoms with Gasteiger partial charge in [0, 0.05) is 11.5 Å². The van der Waals surface area contributed by atoms with E-state index in [0.717, 1.165) is 16.7 Å². The molecule has 200 valence electrons. The van der Waals surface area contributed by atoms with Gasteiger partial charge in [-0.25, -0.2) is 0 Å². The van der Waals surface area contributed by atoms with E-state index in [2.05, 4.69) is 0 Å². The maximum Gasteiger partial charge on any atom is 0.416 e. The summed E-state index contributed by atoms with van der Waals surface area (Å²) in [5.41, 5.74) is 0.0356. The van der Waals surface area contributed by atoms with Gasteiger partial charge in [-0.1, -0.05) is 36.4 Å². The topological polar surface area (TPSA) is 46.5 Å². The lowest BCUT2D eigenvalue weighted by Gasteiger charge is -2.24. The number of benzene rings is 3. The molecule has 0 aliphatic heterocycles. The van der Waals surface area contributed by atoms with Gasteiger partial charge in [0.2, 0.25) is 0 Å². The monoisotopic (exact) mass is 534 g/mol. The molecule has 0 bridgehead atoms. The van der Waals surface area contributed by atoms with Crippen molar-refractivity contribution in [3.8, 4) is 5.75 Å². The van der Waals surface area contributed by atoms with E-state index < -0.39 is 29.4 Å². The molecular weight excluding hydrogens is 510 g/mol. The van der Waals surface area contributed by atoms with Crippen molar-refractivity contribution >= 4 is 11.9 Å². The first-order valence-corrected chi connectivity index (χ1v) is 11.9. The highest BCUT2D eigenvalue weighted by molar-refractivity contribution is 6.00. The third-order valence-electron chi connectivity index (χ3n) is 6.41. The SMILES string of the molecule is O=C1c2ccc(OCc3ccc(/C=C/CO)cc3)cc2CCC1Cc1cc(C(F)(F)F)cc(C(F)(F)F)c1. The van der Waals surface area contributed by atoms with E-state index in [1.807, 2.05) is 24.3 Å². The molecule has 0 saturated carbocycles. The molecule has 3 aromatic carbocycles. The number of carbonyl (C=O) groups is 1. The number of alkyl halides is 6. The van der Waals surface area contributed by atoms with Gasteiger partial charge in [0.25, 0.3) is 0 Å². The minimum atomic E-state index is -4.94. The second-order valence-corrected chi connectivity index (χ2v) is 9.15. The zero-order valence-corrected chi connectivity index (χ0v) is 20.1. The van der Waals surface area contributed by atoms with Gasteiger partial charge < -0.3 is 9.84 Å². The van der Waals surface area contributed by atoms with E-state index in [4.69, 9.17) is 9.84 Å². The Balaban J connectivity index is 1.45.